The minimum absolute atomic E-state index is 0.120. The predicted molar refractivity (Wildman–Crippen MR) is 93.8 cm³/mol. The minimum Gasteiger partial charge on any atom is -0.354 e. The molecule has 25 heavy (non-hydrogen) atoms. The van der Waals surface area contributed by atoms with Crippen LogP contribution in [0.4, 0.5) is 4.79 Å². The molecular weight excluding hydrogens is 318 g/mol. The van der Waals surface area contributed by atoms with Crippen molar-refractivity contribution in [3.05, 3.63) is 54.1 Å². The minimum atomic E-state index is -0.452. The maximum atomic E-state index is 12.0. The number of nitrogens with zero attached hydrogens (tertiary/aromatic N) is 2. The van der Waals surface area contributed by atoms with Crippen molar-refractivity contribution in [1.82, 2.24) is 25.5 Å². The Kier molecular flexibility index (Phi) is 5.66. The van der Waals surface area contributed by atoms with E-state index in [1.807, 2.05) is 29.0 Å². The molecule has 2 aromatic rings. The lowest BCUT2D eigenvalue weighted by molar-refractivity contribution is -0.124. The van der Waals surface area contributed by atoms with E-state index in [1.165, 1.54) is 5.56 Å². The van der Waals surface area contributed by atoms with Crippen molar-refractivity contribution in [1.29, 1.82) is 0 Å². The molecule has 7 heteroatoms. The quantitative estimate of drug-likeness (QED) is 0.738. The van der Waals surface area contributed by atoms with E-state index in [1.54, 1.807) is 6.20 Å². The number of hydrogen-bond donors (Lipinski definition) is 3. The Balaban J connectivity index is 1.47. The monoisotopic (exact) mass is 341 g/mol. The van der Waals surface area contributed by atoms with Crippen molar-refractivity contribution in [3.8, 4) is 0 Å². The Morgan fingerprint density at radius 3 is 2.96 bits per heavy atom. The summed E-state index contributed by atoms with van der Waals surface area (Å²) in [4.78, 5) is 28.0. The van der Waals surface area contributed by atoms with E-state index >= 15 is 0 Å². The fraction of sp³-hybridized carbons (Fsp3) is 0.389. The second-order valence-corrected chi connectivity index (χ2v) is 6.09. The van der Waals surface area contributed by atoms with Crippen molar-refractivity contribution in [2.75, 3.05) is 6.54 Å². The van der Waals surface area contributed by atoms with Crippen LogP contribution in [0.3, 0.4) is 0 Å². The summed E-state index contributed by atoms with van der Waals surface area (Å²) < 4.78 is 2.03. The highest BCUT2D eigenvalue weighted by molar-refractivity contribution is 5.87. The van der Waals surface area contributed by atoms with Crippen LogP contribution in [0.15, 0.2) is 42.7 Å². The first-order chi connectivity index (χ1) is 12.2. The topological polar surface area (TPSA) is 88.1 Å². The Bertz CT molecular complexity index is 713. The molecule has 1 saturated heterocycles. The van der Waals surface area contributed by atoms with Crippen LogP contribution in [-0.2, 0) is 24.3 Å². The van der Waals surface area contributed by atoms with Crippen LogP contribution in [0.2, 0.25) is 0 Å². The van der Waals surface area contributed by atoms with E-state index in [-0.39, 0.29) is 11.9 Å². The number of aromatic nitrogens is 2. The van der Waals surface area contributed by atoms with Gasteiger partial charge in [-0.15, -0.1) is 0 Å². The van der Waals surface area contributed by atoms with E-state index in [0.717, 1.165) is 25.2 Å². The largest absolute Gasteiger partial charge is 0.354 e. The number of urea groups is 1. The summed E-state index contributed by atoms with van der Waals surface area (Å²) in [5.41, 5.74) is 1.26. The third kappa shape index (κ3) is 4.82. The zero-order valence-electron chi connectivity index (χ0n) is 14.1. The Hall–Kier alpha value is -2.83. The SMILES string of the molecule is O=C(NCc1nccn1CCc1ccccc1)N[C@H]1CCCNC1=O. The number of imidazole rings is 1. The number of hydrogen-bond acceptors (Lipinski definition) is 3. The molecule has 0 saturated carbocycles. The van der Waals surface area contributed by atoms with Gasteiger partial charge in [0.2, 0.25) is 5.91 Å². The van der Waals surface area contributed by atoms with Gasteiger partial charge in [-0.1, -0.05) is 30.3 Å². The molecule has 3 amide bonds. The third-order valence-electron chi connectivity index (χ3n) is 4.28. The second-order valence-electron chi connectivity index (χ2n) is 6.09. The van der Waals surface area contributed by atoms with Crippen molar-refractivity contribution < 1.29 is 9.59 Å². The highest BCUT2D eigenvalue weighted by atomic mass is 16.2. The van der Waals surface area contributed by atoms with Gasteiger partial charge in [0.05, 0.1) is 6.54 Å². The summed E-state index contributed by atoms with van der Waals surface area (Å²) in [7, 11) is 0. The number of carbonyl (C=O) groups is 2. The van der Waals surface area contributed by atoms with Crippen LogP contribution in [0.25, 0.3) is 0 Å². The number of aryl methyl sites for hydroxylation is 2. The molecule has 1 aliphatic heterocycles. The van der Waals surface area contributed by atoms with E-state index in [0.29, 0.717) is 19.5 Å². The van der Waals surface area contributed by atoms with Gasteiger partial charge in [-0.3, -0.25) is 4.79 Å². The highest BCUT2D eigenvalue weighted by Crippen LogP contribution is 2.05. The van der Waals surface area contributed by atoms with Gasteiger partial charge in [0, 0.05) is 25.5 Å². The summed E-state index contributed by atoms with van der Waals surface area (Å²) in [6, 6.07) is 9.44. The van der Waals surface area contributed by atoms with E-state index in [2.05, 4.69) is 33.1 Å². The average Bonchev–Trinajstić information content (AvgIpc) is 3.08. The van der Waals surface area contributed by atoms with Gasteiger partial charge in [0.25, 0.3) is 0 Å². The molecule has 0 aliphatic carbocycles. The molecule has 0 spiro atoms. The summed E-state index contributed by atoms with van der Waals surface area (Å²) in [6.07, 6.45) is 6.09. The van der Waals surface area contributed by atoms with Gasteiger partial charge >= 0.3 is 6.03 Å². The molecule has 1 fully saturated rings. The van der Waals surface area contributed by atoms with Crippen LogP contribution in [0, 0.1) is 0 Å². The molecule has 0 unspecified atom stereocenters. The Labute approximate surface area is 146 Å². The fourth-order valence-electron chi connectivity index (χ4n) is 2.88. The van der Waals surface area contributed by atoms with Crippen LogP contribution in [0.5, 0.6) is 0 Å². The second kappa shape index (κ2) is 8.32. The lowest BCUT2D eigenvalue weighted by atomic mass is 10.1. The summed E-state index contributed by atoms with van der Waals surface area (Å²) in [5.74, 6) is 0.671. The van der Waals surface area contributed by atoms with Crippen molar-refractivity contribution in [3.63, 3.8) is 0 Å². The lowest BCUT2D eigenvalue weighted by Crippen LogP contribution is -2.52. The smallest absolute Gasteiger partial charge is 0.315 e. The van der Waals surface area contributed by atoms with Crippen molar-refractivity contribution >= 4 is 11.9 Å². The van der Waals surface area contributed by atoms with Gasteiger partial charge in [-0.2, -0.15) is 0 Å². The summed E-state index contributed by atoms with van der Waals surface area (Å²) >= 11 is 0. The number of amides is 3. The predicted octanol–water partition coefficient (Wildman–Crippen LogP) is 1.20. The van der Waals surface area contributed by atoms with Crippen molar-refractivity contribution in [2.45, 2.75) is 38.4 Å². The first-order valence-electron chi connectivity index (χ1n) is 8.58. The van der Waals surface area contributed by atoms with Crippen molar-refractivity contribution in [2.24, 2.45) is 0 Å². The van der Waals surface area contributed by atoms with Crippen LogP contribution in [-0.4, -0.2) is 34.1 Å². The van der Waals surface area contributed by atoms with Crippen LogP contribution in [0.1, 0.15) is 24.2 Å². The summed E-state index contributed by atoms with van der Waals surface area (Å²) in [5, 5.41) is 8.24. The van der Waals surface area contributed by atoms with Gasteiger partial charge in [-0.25, -0.2) is 9.78 Å². The third-order valence-corrected chi connectivity index (χ3v) is 4.28. The molecule has 0 radical (unpaired) electrons. The Morgan fingerprint density at radius 1 is 1.32 bits per heavy atom. The fourth-order valence-corrected chi connectivity index (χ4v) is 2.88. The molecule has 1 aliphatic rings. The number of rotatable bonds is 6. The van der Waals surface area contributed by atoms with Crippen LogP contribution >= 0.6 is 0 Å². The average molecular weight is 341 g/mol. The van der Waals surface area contributed by atoms with Gasteiger partial charge in [0.15, 0.2) is 0 Å². The zero-order chi connectivity index (χ0) is 17.5. The highest BCUT2D eigenvalue weighted by Gasteiger charge is 2.23. The first-order valence-corrected chi connectivity index (χ1v) is 8.58. The molecule has 7 nitrogen and oxygen atoms in total. The number of piperidine rings is 1. The summed E-state index contributed by atoms with van der Waals surface area (Å²) in [6.45, 7) is 1.80. The maximum Gasteiger partial charge on any atom is 0.315 e. The molecular formula is C18H23N5O2. The molecule has 1 atom stereocenters. The number of carbonyl (C=O) groups excluding carboxylic acids is 2. The molecule has 1 aromatic heterocycles. The van der Waals surface area contributed by atoms with Gasteiger partial charge < -0.3 is 20.5 Å². The standard InChI is InChI=1S/C18H23N5O2/c24-17-15(7-4-9-20-17)22-18(25)21-13-16-19-10-12-23(16)11-8-14-5-2-1-3-6-14/h1-3,5-6,10,12,15H,4,7-9,11,13H2,(H,20,24)(H2,21,22,25)/t15-/m0/s1. The molecule has 1 aromatic carbocycles. The lowest BCUT2D eigenvalue weighted by Gasteiger charge is -2.22. The maximum absolute atomic E-state index is 12.0. The Morgan fingerprint density at radius 2 is 2.16 bits per heavy atom. The van der Waals surface area contributed by atoms with Crippen LogP contribution < -0.4 is 16.0 Å². The molecule has 132 valence electrons. The van der Waals surface area contributed by atoms with Gasteiger partial charge in [-0.05, 0) is 24.8 Å². The number of nitrogens with one attached hydrogen (secondary N) is 3. The van der Waals surface area contributed by atoms with E-state index in [4.69, 9.17) is 0 Å². The molecule has 3 rings (SSSR count). The number of benzene rings is 1. The normalized spacial score (nSPS) is 17.0. The zero-order valence-corrected chi connectivity index (χ0v) is 14.1. The molecule has 0 bridgehead atoms. The van der Waals surface area contributed by atoms with E-state index in [9.17, 15) is 9.59 Å². The van der Waals surface area contributed by atoms with Gasteiger partial charge in [0.1, 0.15) is 11.9 Å². The first kappa shape index (κ1) is 17.0. The molecule has 2 heterocycles. The van der Waals surface area contributed by atoms with E-state index < -0.39 is 6.04 Å². The molecule has 3 N–H and O–H groups in total.